The van der Waals surface area contributed by atoms with Gasteiger partial charge in [0.15, 0.2) is 0 Å². The third kappa shape index (κ3) is 11.0. The van der Waals surface area contributed by atoms with Gasteiger partial charge in [0.05, 0.1) is 0 Å². The van der Waals surface area contributed by atoms with E-state index < -0.39 is 0 Å². The van der Waals surface area contributed by atoms with E-state index in [0.29, 0.717) is 0 Å². The minimum Gasteiger partial charge on any atom is -0.385 e. The summed E-state index contributed by atoms with van der Waals surface area (Å²) in [4.78, 5) is 1.02. The molecule has 0 atom stereocenters. The Morgan fingerprint density at radius 3 is 1.64 bits per heavy atom. The van der Waals surface area contributed by atoms with Crippen LogP contribution in [0.2, 0.25) is 0 Å². The van der Waals surface area contributed by atoms with Crippen molar-refractivity contribution in [3.05, 3.63) is 24.3 Å². The molecule has 0 heterocycles. The van der Waals surface area contributed by atoms with Crippen molar-refractivity contribution >= 4 is 18.3 Å². The fourth-order valence-corrected chi connectivity index (χ4v) is 2.93. The third-order valence-electron chi connectivity index (χ3n) is 4.23. The smallest absolute Gasteiger partial charge is 0.0340 e. The zero-order valence-electron chi connectivity index (χ0n) is 14.4. The van der Waals surface area contributed by atoms with Crippen LogP contribution in [0.3, 0.4) is 0 Å². The van der Waals surface area contributed by atoms with Gasteiger partial charge in [-0.05, 0) is 30.7 Å². The summed E-state index contributed by atoms with van der Waals surface area (Å²) in [6.45, 7) is 3.37. The molecule has 1 N–H and O–H groups in total. The van der Waals surface area contributed by atoms with Gasteiger partial charge in [-0.1, -0.05) is 77.6 Å². The van der Waals surface area contributed by atoms with Crippen LogP contribution in [0.25, 0.3) is 0 Å². The van der Waals surface area contributed by atoms with E-state index in [0.717, 1.165) is 11.4 Å². The van der Waals surface area contributed by atoms with Gasteiger partial charge in [-0.2, -0.15) is 0 Å². The fourth-order valence-electron chi connectivity index (χ4n) is 2.78. The van der Waals surface area contributed by atoms with Crippen molar-refractivity contribution in [2.75, 3.05) is 11.9 Å². The van der Waals surface area contributed by atoms with E-state index in [1.165, 1.54) is 82.7 Å². The molecule has 0 amide bonds. The van der Waals surface area contributed by atoms with Crippen LogP contribution in [0, 0.1) is 0 Å². The topological polar surface area (TPSA) is 12.0 Å². The predicted molar refractivity (Wildman–Crippen MR) is 103 cm³/mol. The van der Waals surface area contributed by atoms with Crippen LogP contribution in [-0.4, -0.2) is 6.54 Å². The molecule has 0 bridgehead atoms. The van der Waals surface area contributed by atoms with Crippen molar-refractivity contribution in [1.82, 2.24) is 0 Å². The predicted octanol–water partition coefficient (Wildman–Crippen LogP) is 7.09. The van der Waals surface area contributed by atoms with Gasteiger partial charge in [0.2, 0.25) is 0 Å². The molecule has 0 spiro atoms. The maximum Gasteiger partial charge on any atom is 0.0340 e. The Kier molecular flexibility index (Phi) is 12.4. The van der Waals surface area contributed by atoms with Crippen molar-refractivity contribution in [1.29, 1.82) is 0 Å². The highest BCUT2D eigenvalue weighted by molar-refractivity contribution is 7.80. The number of unbranched alkanes of at least 4 members (excludes halogenated alkanes) is 11. The van der Waals surface area contributed by atoms with E-state index in [9.17, 15) is 0 Å². The van der Waals surface area contributed by atoms with Gasteiger partial charge < -0.3 is 5.32 Å². The molecule has 1 rings (SSSR count). The number of hydrogen-bond donors (Lipinski definition) is 2. The lowest BCUT2D eigenvalue weighted by molar-refractivity contribution is 0.546. The third-order valence-corrected chi connectivity index (χ3v) is 4.52. The second kappa shape index (κ2) is 14.0. The lowest BCUT2D eigenvalue weighted by atomic mass is 10.1. The minimum absolute atomic E-state index is 1.02. The number of rotatable bonds is 14. The molecule has 1 nitrogen and oxygen atoms in total. The summed E-state index contributed by atoms with van der Waals surface area (Å²) in [7, 11) is 0. The molecule has 0 aliphatic heterocycles. The lowest BCUT2D eigenvalue weighted by Crippen LogP contribution is -2.00. The molecule has 1 aromatic rings. The highest BCUT2D eigenvalue weighted by Crippen LogP contribution is 2.13. The number of nitrogens with one attached hydrogen (secondary N) is 1. The summed E-state index contributed by atoms with van der Waals surface area (Å²) in [5, 5.41) is 3.47. The van der Waals surface area contributed by atoms with Crippen LogP contribution in [-0.2, 0) is 0 Å². The normalized spacial score (nSPS) is 10.8. The van der Waals surface area contributed by atoms with Gasteiger partial charge in [0.1, 0.15) is 0 Å². The Bertz CT molecular complexity index is 347. The van der Waals surface area contributed by atoms with Gasteiger partial charge in [0.25, 0.3) is 0 Å². The first-order chi connectivity index (χ1) is 10.8. The zero-order valence-corrected chi connectivity index (χ0v) is 15.3. The van der Waals surface area contributed by atoms with Crippen molar-refractivity contribution in [2.45, 2.75) is 88.9 Å². The van der Waals surface area contributed by atoms with Gasteiger partial charge >= 0.3 is 0 Å². The molecule has 0 saturated heterocycles. The van der Waals surface area contributed by atoms with Crippen molar-refractivity contribution in [2.24, 2.45) is 0 Å². The maximum atomic E-state index is 4.30. The van der Waals surface area contributed by atoms with Crippen LogP contribution in [0.1, 0.15) is 84.0 Å². The van der Waals surface area contributed by atoms with Crippen LogP contribution in [0.15, 0.2) is 29.2 Å². The Morgan fingerprint density at radius 1 is 0.682 bits per heavy atom. The van der Waals surface area contributed by atoms with Crippen molar-refractivity contribution < 1.29 is 0 Å². The fraction of sp³-hybridized carbons (Fsp3) is 0.700. The second-order valence-electron chi connectivity index (χ2n) is 6.36. The van der Waals surface area contributed by atoms with Gasteiger partial charge in [-0.25, -0.2) is 0 Å². The number of benzene rings is 1. The number of hydrogen-bond acceptors (Lipinski definition) is 2. The molecular formula is C20H35NS. The SMILES string of the molecule is CCCCCCCCCCCCCCNc1ccc(S)cc1. The van der Waals surface area contributed by atoms with Crippen molar-refractivity contribution in [3.8, 4) is 0 Å². The van der Waals surface area contributed by atoms with Crippen LogP contribution >= 0.6 is 12.6 Å². The standard InChI is InChI=1S/C20H35NS/c1-2-3-4-5-6-7-8-9-10-11-12-13-18-21-19-14-16-20(22)17-15-19/h14-17,21-22H,2-13,18H2,1H3. The summed E-state index contributed by atoms with van der Waals surface area (Å²) in [6.07, 6.45) is 16.9. The van der Waals surface area contributed by atoms with Gasteiger partial charge in [0, 0.05) is 17.1 Å². The number of anilines is 1. The molecule has 0 radical (unpaired) electrons. The van der Waals surface area contributed by atoms with Crippen LogP contribution in [0.4, 0.5) is 5.69 Å². The Labute approximate surface area is 143 Å². The average Bonchev–Trinajstić information content (AvgIpc) is 2.53. The largest absolute Gasteiger partial charge is 0.385 e. The molecule has 0 aliphatic carbocycles. The molecule has 0 unspecified atom stereocenters. The van der Waals surface area contributed by atoms with E-state index >= 15 is 0 Å². The highest BCUT2D eigenvalue weighted by atomic mass is 32.1. The van der Waals surface area contributed by atoms with Gasteiger partial charge in [-0.3, -0.25) is 0 Å². The summed E-state index contributed by atoms with van der Waals surface area (Å²) < 4.78 is 0. The molecule has 0 fully saturated rings. The Hall–Kier alpha value is -0.630. The summed E-state index contributed by atoms with van der Waals surface area (Å²) >= 11 is 4.30. The monoisotopic (exact) mass is 321 g/mol. The van der Waals surface area contributed by atoms with E-state index in [4.69, 9.17) is 0 Å². The quantitative estimate of drug-likeness (QED) is 0.275. The van der Waals surface area contributed by atoms with Crippen LogP contribution in [0.5, 0.6) is 0 Å². The van der Waals surface area contributed by atoms with Gasteiger partial charge in [-0.15, -0.1) is 12.6 Å². The average molecular weight is 322 g/mol. The van der Waals surface area contributed by atoms with E-state index in [1.807, 2.05) is 12.1 Å². The first-order valence-corrected chi connectivity index (χ1v) is 9.80. The second-order valence-corrected chi connectivity index (χ2v) is 6.88. The highest BCUT2D eigenvalue weighted by Gasteiger charge is 1.94. The van der Waals surface area contributed by atoms with E-state index in [2.05, 4.69) is 37.0 Å². The lowest BCUT2D eigenvalue weighted by Gasteiger charge is -2.06. The molecule has 22 heavy (non-hydrogen) atoms. The van der Waals surface area contributed by atoms with Crippen LogP contribution < -0.4 is 5.32 Å². The van der Waals surface area contributed by atoms with E-state index in [-0.39, 0.29) is 0 Å². The summed E-state index contributed by atoms with van der Waals surface area (Å²) in [6, 6.07) is 8.27. The first kappa shape index (κ1) is 19.4. The maximum absolute atomic E-state index is 4.30. The molecule has 126 valence electrons. The molecular weight excluding hydrogens is 286 g/mol. The first-order valence-electron chi connectivity index (χ1n) is 9.36. The van der Waals surface area contributed by atoms with Crippen molar-refractivity contribution in [3.63, 3.8) is 0 Å². The Balaban J connectivity index is 1.79. The Morgan fingerprint density at radius 2 is 1.14 bits per heavy atom. The number of thiol groups is 1. The molecule has 2 heteroatoms. The molecule has 0 aliphatic rings. The summed E-state index contributed by atoms with van der Waals surface area (Å²) in [5.74, 6) is 0. The zero-order chi connectivity index (χ0) is 15.9. The summed E-state index contributed by atoms with van der Waals surface area (Å²) in [5.41, 5.74) is 1.21. The molecule has 1 aromatic carbocycles. The van der Waals surface area contributed by atoms with E-state index in [1.54, 1.807) is 0 Å². The minimum atomic E-state index is 1.02. The molecule has 0 aromatic heterocycles. The molecule has 0 saturated carbocycles.